The lowest BCUT2D eigenvalue weighted by Gasteiger charge is -2.37. The molecular formula is C24H28N2O5S. The Kier molecular flexibility index (Phi) is 7.37. The van der Waals surface area contributed by atoms with Gasteiger partial charge in [0, 0.05) is 18.5 Å². The first kappa shape index (κ1) is 23.6. The van der Waals surface area contributed by atoms with Crippen molar-refractivity contribution in [2.75, 3.05) is 32.3 Å². The Bertz CT molecular complexity index is 1050. The van der Waals surface area contributed by atoms with Gasteiger partial charge in [-0.2, -0.15) is 0 Å². The molecule has 2 aromatic rings. The molecule has 7 nitrogen and oxygen atoms in total. The fraction of sp³-hybridized carbons (Fsp3) is 0.333. The number of carbonyl (C=O) groups is 1. The maximum Gasteiger partial charge on any atom is 0.338 e. The fourth-order valence-corrected chi connectivity index (χ4v) is 4.19. The predicted molar refractivity (Wildman–Crippen MR) is 127 cm³/mol. The highest BCUT2D eigenvalue weighted by Crippen LogP contribution is 2.37. The fourth-order valence-electron chi connectivity index (χ4n) is 3.83. The van der Waals surface area contributed by atoms with E-state index in [1.807, 2.05) is 37.8 Å². The topological polar surface area (TPSA) is 80.3 Å². The standard InChI is InChI=1S/C24H28N2O5S/c1-14-10-15(2)12-18(11-14)26-16(3)21(23(28)31-9-8-29-4)22(25-24(26)32)17-6-7-20(30-5)19(27)13-17/h6-7,10-13,22,27H,8-9H2,1-5H3,(H,25,32)/t22-/m0/s1. The minimum absolute atomic E-state index is 0.0285. The lowest BCUT2D eigenvalue weighted by molar-refractivity contribution is -0.140. The number of nitrogens with one attached hydrogen (secondary N) is 1. The number of anilines is 1. The van der Waals surface area contributed by atoms with E-state index in [1.165, 1.54) is 7.11 Å². The largest absolute Gasteiger partial charge is 0.504 e. The van der Waals surface area contributed by atoms with Gasteiger partial charge in [0.1, 0.15) is 6.61 Å². The second kappa shape index (κ2) is 10.0. The number of carbonyl (C=O) groups excluding carboxylic acids is 1. The van der Waals surface area contributed by atoms with E-state index in [2.05, 4.69) is 11.4 Å². The van der Waals surface area contributed by atoms with Crippen molar-refractivity contribution in [3.8, 4) is 11.5 Å². The third kappa shape index (κ3) is 4.87. The Hall–Kier alpha value is -3.10. The maximum absolute atomic E-state index is 13.2. The zero-order valence-corrected chi connectivity index (χ0v) is 19.7. The third-order valence-corrected chi connectivity index (χ3v) is 5.53. The number of thiocarbonyl (C=S) groups is 1. The summed E-state index contributed by atoms with van der Waals surface area (Å²) in [6.45, 7) is 6.28. The maximum atomic E-state index is 13.2. The second-order valence-corrected chi connectivity index (χ2v) is 8.01. The average Bonchev–Trinajstić information content (AvgIpc) is 2.72. The molecule has 1 atom stereocenters. The number of aromatic hydroxyl groups is 1. The Balaban J connectivity index is 2.11. The van der Waals surface area contributed by atoms with Gasteiger partial charge in [-0.1, -0.05) is 12.1 Å². The molecule has 0 amide bonds. The third-order valence-electron chi connectivity index (χ3n) is 5.23. The van der Waals surface area contributed by atoms with Crippen LogP contribution >= 0.6 is 12.2 Å². The van der Waals surface area contributed by atoms with Crippen molar-refractivity contribution in [3.05, 3.63) is 64.4 Å². The summed E-state index contributed by atoms with van der Waals surface area (Å²) in [5, 5.41) is 14.0. The summed E-state index contributed by atoms with van der Waals surface area (Å²) in [7, 11) is 3.02. The molecule has 0 aromatic heterocycles. The number of rotatable bonds is 7. The zero-order chi connectivity index (χ0) is 23.4. The Labute approximate surface area is 193 Å². The van der Waals surface area contributed by atoms with Crippen LogP contribution in [0.1, 0.15) is 29.7 Å². The van der Waals surface area contributed by atoms with Crippen LogP contribution in [0.5, 0.6) is 11.5 Å². The summed E-state index contributed by atoms with van der Waals surface area (Å²) in [6.07, 6.45) is 0. The first-order valence-corrected chi connectivity index (χ1v) is 10.6. The molecule has 0 bridgehead atoms. The highest BCUT2D eigenvalue weighted by atomic mass is 32.1. The normalized spacial score (nSPS) is 16.1. The molecule has 0 radical (unpaired) electrons. The van der Waals surface area contributed by atoms with Crippen LogP contribution in [0.4, 0.5) is 5.69 Å². The molecule has 0 saturated heterocycles. The van der Waals surface area contributed by atoms with E-state index in [-0.39, 0.29) is 12.4 Å². The van der Waals surface area contributed by atoms with Crippen LogP contribution < -0.4 is 15.0 Å². The van der Waals surface area contributed by atoms with E-state index in [4.69, 9.17) is 26.4 Å². The molecule has 0 unspecified atom stereocenters. The van der Waals surface area contributed by atoms with Gasteiger partial charge in [0.2, 0.25) is 0 Å². The van der Waals surface area contributed by atoms with Crippen LogP contribution in [0.2, 0.25) is 0 Å². The SMILES string of the molecule is COCCOC(=O)C1=C(C)N(c2cc(C)cc(C)c2)C(=S)N[C@H]1c1ccc(OC)c(O)c1. The molecule has 8 heteroatoms. The van der Waals surface area contributed by atoms with E-state index in [0.717, 1.165) is 16.8 Å². The summed E-state index contributed by atoms with van der Waals surface area (Å²) in [5.41, 5.74) is 4.74. The van der Waals surface area contributed by atoms with Gasteiger partial charge < -0.3 is 24.6 Å². The number of allylic oxidation sites excluding steroid dienone is 1. The van der Waals surface area contributed by atoms with Gasteiger partial charge >= 0.3 is 5.97 Å². The molecule has 32 heavy (non-hydrogen) atoms. The van der Waals surface area contributed by atoms with Crippen molar-refractivity contribution in [2.45, 2.75) is 26.8 Å². The van der Waals surface area contributed by atoms with Gasteiger partial charge in [0.15, 0.2) is 16.6 Å². The minimum atomic E-state index is -0.600. The Morgan fingerprint density at radius 1 is 1.09 bits per heavy atom. The number of ether oxygens (including phenoxy) is 3. The van der Waals surface area contributed by atoms with Crippen molar-refractivity contribution < 1.29 is 24.1 Å². The van der Waals surface area contributed by atoms with Gasteiger partial charge in [0.05, 0.1) is 25.3 Å². The molecule has 1 heterocycles. The number of nitrogens with zero attached hydrogens (tertiary/aromatic N) is 1. The summed E-state index contributed by atoms with van der Waals surface area (Å²) >= 11 is 5.70. The van der Waals surface area contributed by atoms with Crippen LogP contribution in [0, 0.1) is 13.8 Å². The summed E-state index contributed by atoms with van der Waals surface area (Å²) in [4.78, 5) is 15.0. The Morgan fingerprint density at radius 3 is 2.38 bits per heavy atom. The molecule has 2 aromatic carbocycles. The van der Waals surface area contributed by atoms with E-state index < -0.39 is 12.0 Å². The molecule has 1 aliphatic rings. The van der Waals surface area contributed by atoms with E-state index in [9.17, 15) is 9.90 Å². The van der Waals surface area contributed by atoms with Crippen LogP contribution in [-0.2, 0) is 14.3 Å². The molecule has 3 rings (SSSR count). The first-order chi connectivity index (χ1) is 15.3. The number of esters is 1. The van der Waals surface area contributed by atoms with E-state index >= 15 is 0 Å². The molecule has 0 aliphatic carbocycles. The van der Waals surface area contributed by atoms with Gasteiger partial charge in [0.25, 0.3) is 0 Å². The minimum Gasteiger partial charge on any atom is -0.504 e. The van der Waals surface area contributed by atoms with E-state index in [0.29, 0.717) is 34.3 Å². The summed E-state index contributed by atoms with van der Waals surface area (Å²) in [6, 6.07) is 10.5. The lowest BCUT2D eigenvalue weighted by atomic mass is 9.94. The first-order valence-electron chi connectivity index (χ1n) is 10.2. The molecular weight excluding hydrogens is 428 g/mol. The molecule has 2 N–H and O–H groups in total. The predicted octanol–water partition coefficient (Wildman–Crippen LogP) is 3.92. The molecule has 0 saturated carbocycles. The number of aryl methyl sites for hydroxylation is 2. The quantitative estimate of drug-likeness (QED) is 0.369. The monoisotopic (exact) mass is 456 g/mol. The number of phenolic OH excluding ortho intramolecular Hbond substituents is 1. The smallest absolute Gasteiger partial charge is 0.338 e. The van der Waals surface area contributed by atoms with Crippen LogP contribution in [0.25, 0.3) is 0 Å². The van der Waals surface area contributed by atoms with Gasteiger partial charge in [-0.3, -0.25) is 4.90 Å². The molecule has 0 spiro atoms. The van der Waals surface area contributed by atoms with Gasteiger partial charge in [-0.25, -0.2) is 4.79 Å². The second-order valence-electron chi connectivity index (χ2n) is 7.62. The summed E-state index contributed by atoms with van der Waals surface area (Å²) in [5.74, 6) is -0.169. The van der Waals surface area contributed by atoms with Crippen molar-refractivity contribution in [1.29, 1.82) is 0 Å². The number of benzene rings is 2. The highest BCUT2D eigenvalue weighted by molar-refractivity contribution is 7.80. The van der Waals surface area contributed by atoms with Crippen molar-refractivity contribution >= 4 is 29.0 Å². The zero-order valence-electron chi connectivity index (χ0n) is 18.9. The lowest BCUT2D eigenvalue weighted by Crippen LogP contribution is -2.48. The molecule has 0 fully saturated rings. The Morgan fingerprint density at radius 2 is 1.78 bits per heavy atom. The summed E-state index contributed by atoms with van der Waals surface area (Å²) < 4.78 is 15.6. The van der Waals surface area contributed by atoms with Crippen LogP contribution in [0.3, 0.4) is 0 Å². The van der Waals surface area contributed by atoms with Crippen LogP contribution in [0.15, 0.2) is 47.7 Å². The van der Waals surface area contributed by atoms with Crippen molar-refractivity contribution in [1.82, 2.24) is 5.32 Å². The number of hydrogen-bond acceptors (Lipinski definition) is 6. The van der Waals surface area contributed by atoms with Gasteiger partial charge in [-0.15, -0.1) is 0 Å². The highest BCUT2D eigenvalue weighted by Gasteiger charge is 2.36. The van der Waals surface area contributed by atoms with E-state index in [1.54, 1.807) is 25.3 Å². The number of phenols is 1. The number of methoxy groups -OCH3 is 2. The van der Waals surface area contributed by atoms with Crippen LogP contribution in [-0.4, -0.2) is 43.6 Å². The van der Waals surface area contributed by atoms with Crippen molar-refractivity contribution in [2.24, 2.45) is 0 Å². The molecule has 1 aliphatic heterocycles. The van der Waals surface area contributed by atoms with Gasteiger partial charge in [-0.05, 0) is 73.9 Å². The molecule has 170 valence electrons. The van der Waals surface area contributed by atoms with Crippen molar-refractivity contribution in [3.63, 3.8) is 0 Å². The number of hydrogen-bond donors (Lipinski definition) is 2. The average molecular weight is 457 g/mol.